The van der Waals surface area contributed by atoms with E-state index in [1.807, 2.05) is 0 Å². The van der Waals surface area contributed by atoms with Gasteiger partial charge in [-0.05, 0) is 51.5 Å². The summed E-state index contributed by atoms with van der Waals surface area (Å²) in [6, 6.07) is 3.39. The van der Waals surface area contributed by atoms with Crippen LogP contribution in [0.5, 0.6) is 11.5 Å². The SMILES string of the molecule is COc1cc(Cl)cc(CNCCCN2CCCC2)c1O. The van der Waals surface area contributed by atoms with Crippen molar-refractivity contribution < 1.29 is 9.84 Å². The van der Waals surface area contributed by atoms with E-state index in [0.717, 1.165) is 25.1 Å². The van der Waals surface area contributed by atoms with Crippen LogP contribution in [-0.2, 0) is 6.54 Å². The van der Waals surface area contributed by atoms with Crippen molar-refractivity contribution in [2.75, 3.05) is 33.3 Å². The van der Waals surface area contributed by atoms with Crippen molar-refractivity contribution in [1.82, 2.24) is 10.2 Å². The molecule has 20 heavy (non-hydrogen) atoms. The highest BCUT2D eigenvalue weighted by Crippen LogP contribution is 2.33. The number of hydrogen-bond acceptors (Lipinski definition) is 4. The summed E-state index contributed by atoms with van der Waals surface area (Å²) >= 11 is 6.00. The van der Waals surface area contributed by atoms with Crippen molar-refractivity contribution >= 4 is 11.6 Å². The number of hydrogen-bond donors (Lipinski definition) is 2. The maximum atomic E-state index is 10.0. The third-order valence-electron chi connectivity index (χ3n) is 3.68. The standard InChI is InChI=1S/C15H23ClN2O2/c1-20-14-10-13(16)9-12(15(14)19)11-17-5-4-8-18-6-2-3-7-18/h9-10,17,19H,2-8,11H2,1H3. The predicted molar refractivity (Wildman–Crippen MR) is 81.7 cm³/mol. The van der Waals surface area contributed by atoms with Crippen LogP contribution in [-0.4, -0.2) is 43.3 Å². The molecule has 1 heterocycles. The third kappa shape index (κ3) is 4.27. The molecule has 4 nitrogen and oxygen atoms in total. The molecule has 0 radical (unpaired) electrons. The zero-order chi connectivity index (χ0) is 14.4. The highest BCUT2D eigenvalue weighted by Gasteiger charge is 2.11. The van der Waals surface area contributed by atoms with Crippen LogP contribution >= 0.6 is 11.6 Å². The van der Waals surface area contributed by atoms with Crippen molar-refractivity contribution in [3.63, 3.8) is 0 Å². The zero-order valence-corrected chi connectivity index (χ0v) is 12.7. The lowest BCUT2D eigenvalue weighted by Crippen LogP contribution is -2.24. The van der Waals surface area contributed by atoms with Crippen molar-refractivity contribution in [3.05, 3.63) is 22.7 Å². The van der Waals surface area contributed by atoms with Crippen LogP contribution < -0.4 is 10.1 Å². The molecule has 2 N–H and O–H groups in total. The minimum Gasteiger partial charge on any atom is -0.504 e. The number of methoxy groups -OCH3 is 1. The molecule has 0 saturated carbocycles. The van der Waals surface area contributed by atoms with E-state index in [0.29, 0.717) is 17.3 Å². The topological polar surface area (TPSA) is 44.7 Å². The predicted octanol–water partition coefficient (Wildman–Crippen LogP) is 2.63. The van der Waals surface area contributed by atoms with Gasteiger partial charge in [0.15, 0.2) is 11.5 Å². The van der Waals surface area contributed by atoms with Crippen molar-refractivity contribution in [1.29, 1.82) is 0 Å². The monoisotopic (exact) mass is 298 g/mol. The Morgan fingerprint density at radius 2 is 2.10 bits per heavy atom. The molecule has 1 aliphatic heterocycles. The molecule has 112 valence electrons. The zero-order valence-electron chi connectivity index (χ0n) is 12.0. The summed E-state index contributed by atoms with van der Waals surface area (Å²) in [5.41, 5.74) is 0.774. The Morgan fingerprint density at radius 1 is 1.35 bits per heavy atom. The number of aromatic hydroxyl groups is 1. The van der Waals surface area contributed by atoms with Crippen LogP contribution in [0.15, 0.2) is 12.1 Å². The Kier molecular flexibility index (Phi) is 5.95. The second kappa shape index (κ2) is 7.72. The molecule has 0 aliphatic carbocycles. The Morgan fingerprint density at radius 3 is 2.80 bits per heavy atom. The van der Waals surface area contributed by atoms with Gasteiger partial charge < -0.3 is 20.1 Å². The first-order valence-electron chi connectivity index (χ1n) is 7.19. The second-order valence-electron chi connectivity index (χ2n) is 5.19. The Balaban J connectivity index is 1.74. The summed E-state index contributed by atoms with van der Waals surface area (Å²) in [7, 11) is 1.53. The third-order valence-corrected chi connectivity index (χ3v) is 3.90. The van der Waals surface area contributed by atoms with Gasteiger partial charge in [-0.3, -0.25) is 0 Å². The number of rotatable bonds is 7. The smallest absolute Gasteiger partial charge is 0.162 e. The summed E-state index contributed by atoms with van der Waals surface area (Å²) in [4.78, 5) is 2.50. The van der Waals surface area contributed by atoms with Crippen LogP contribution in [0.3, 0.4) is 0 Å². The fourth-order valence-corrected chi connectivity index (χ4v) is 2.81. The largest absolute Gasteiger partial charge is 0.504 e. The molecule has 1 fully saturated rings. The maximum absolute atomic E-state index is 10.0. The minimum atomic E-state index is 0.170. The van der Waals surface area contributed by atoms with E-state index in [9.17, 15) is 5.11 Å². The number of ether oxygens (including phenoxy) is 1. The summed E-state index contributed by atoms with van der Waals surface area (Å²) in [5.74, 6) is 0.593. The number of nitrogens with zero attached hydrogens (tertiary/aromatic N) is 1. The van der Waals surface area contributed by atoms with E-state index < -0.39 is 0 Å². The molecule has 1 aliphatic rings. The Hall–Kier alpha value is -0.970. The van der Waals surface area contributed by atoms with Gasteiger partial charge in [-0.1, -0.05) is 11.6 Å². The highest BCUT2D eigenvalue weighted by atomic mass is 35.5. The number of phenols is 1. The molecule has 1 saturated heterocycles. The number of benzene rings is 1. The van der Waals surface area contributed by atoms with E-state index in [-0.39, 0.29) is 5.75 Å². The molecule has 0 amide bonds. The molecule has 0 spiro atoms. The first-order valence-corrected chi connectivity index (χ1v) is 7.57. The summed E-state index contributed by atoms with van der Waals surface area (Å²) < 4.78 is 5.09. The van der Waals surface area contributed by atoms with Gasteiger partial charge in [0.1, 0.15) is 0 Å². The average molecular weight is 299 g/mol. The normalized spacial score (nSPS) is 15.7. The number of nitrogens with one attached hydrogen (secondary N) is 1. The van der Waals surface area contributed by atoms with Crippen LogP contribution in [0.2, 0.25) is 5.02 Å². The van der Waals surface area contributed by atoms with Crippen molar-refractivity contribution in [2.24, 2.45) is 0 Å². The molecule has 0 bridgehead atoms. The van der Waals surface area contributed by atoms with Gasteiger partial charge in [-0.25, -0.2) is 0 Å². The molecule has 1 aromatic rings. The fourth-order valence-electron chi connectivity index (χ4n) is 2.58. The van der Waals surface area contributed by atoms with Gasteiger partial charge in [0.25, 0.3) is 0 Å². The molecule has 0 atom stereocenters. The number of phenolic OH excluding ortho intramolecular Hbond substituents is 1. The van der Waals surface area contributed by atoms with E-state index in [4.69, 9.17) is 16.3 Å². The molecular weight excluding hydrogens is 276 g/mol. The molecule has 0 unspecified atom stereocenters. The second-order valence-corrected chi connectivity index (χ2v) is 5.63. The molecule has 5 heteroatoms. The summed E-state index contributed by atoms with van der Waals surface area (Å²) in [6.45, 7) is 5.17. The molecule has 1 aromatic carbocycles. The lowest BCUT2D eigenvalue weighted by Gasteiger charge is -2.15. The minimum absolute atomic E-state index is 0.170. The molecule has 2 rings (SSSR count). The van der Waals surface area contributed by atoms with Crippen LogP contribution in [0.1, 0.15) is 24.8 Å². The first kappa shape index (κ1) is 15.4. The highest BCUT2D eigenvalue weighted by molar-refractivity contribution is 6.30. The van der Waals surface area contributed by atoms with Crippen molar-refractivity contribution in [2.45, 2.75) is 25.8 Å². The quantitative estimate of drug-likeness (QED) is 0.760. The lowest BCUT2D eigenvalue weighted by molar-refractivity contribution is 0.330. The average Bonchev–Trinajstić information content (AvgIpc) is 2.95. The number of halogens is 1. The Bertz CT molecular complexity index is 434. The lowest BCUT2D eigenvalue weighted by atomic mass is 10.2. The van der Waals surface area contributed by atoms with Gasteiger partial charge in [0.05, 0.1) is 7.11 Å². The number of likely N-dealkylation sites (tertiary alicyclic amines) is 1. The van der Waals surface area contributed by atoms with Crippen LogP contribution in [0.4, 0.5) is 0 Å². The van der Waals surface area contributed by atoms with E-state index >= 15 is 0 Å². The van der Waals surface area contributed by atoms with Crippen LogP contribution in [0.25, 0.3) is 0 Å². The maximum Gasteiger partial charge on any atom is 0.162 e. The van der Waals surface area contributed by atoms with E-state index in [2.05, 4.69) is 10.2 Å². The molecule has 0 aromatic heterocycles. The summed E-state index contributed by atoms with van der Waals surface area (Å²) in [5, 5.41) is 13.9. The summed E-state index contributed by atoms with van der Waals surface area (Å²) in [6.07, 6.45) is 3.80. The van der Waals surface area contributed by atoms with Crippen molar-refractivity contribution in [3.8, 4) is 11.5 Å². The van der Waals surface area contributed by atoms with Crippen LogP contribution in [0, 0.1) is 0 Å². The fraction of sp³-hybridized carbons (Fsp3) is 0.600. The molecular formula is C15H23ClN2O2. The van der Waals surface area contributed by atoms with Gasteiger partial charge in [0.2, 0.25) is 0 Å². The van der Waals surface area contributed by atoms with Gasteiger partial charge in [-0.2, -0.15) is 0 Å². The van der Waals surface area contributed by atoms with Gasteiger partial charge in [-0.15, -0.1) is 0 Å². The van der Waals surface area contributed by atoms with E-state index in [1.54, 1.807) is 12.1 Å². The van der Waals surface area contributed by atoms with Gasteiger partial charge >= 0.3 is 0 Å². The Labute approximate surface area is 125 Å². The van der Waals surface area contributed by atoms with Gasteiger partial charge in [0, 0.05) is 23.2 Å². The first-order chi connectivity index (χ1) is 9.70. The van der Waals surface area contributed by atoms with E-state index in [1.165, 1.54) is 33.0 Å².